The van der Waals surface area contributed by atoms with E-state index in [-0.39, 0.29) is 5.91 Å². The Hall–Kier alpha value is -2.79. The van der Waals surface area contributed by atoms with E-state index in [9.17, 15) is 4.79 Å². The number of hydrogen-bond acceptors (Lipinski definition) is 4. The summed E-state index contributed by atoms with van der Waals surface area (Å²) in [4.78, 5) is 14.2. The molecule has 2 aromatic rings. The summed E-state index contributed by atoms with van der Waals surface area (Å²) < 4.78 is 11.2. The summed E-state index contributed by atoms with van der Waals surface area (Å²) in [5, 5.41) is 2.81. The first kappa shape index (κ1) is 20.5. The lowest BCUT2D eigenvalue weighted by Gasteiger charge is -2.12. The minimum Gasteiger partial charge on any atom is -0.493 e. The highest BCUT2D eigenvalue weighted by atomic mass is 16.5. The highest BCUT2D eigenvalue weighted by Gasteiger charge is 2.05. The number of ether oxygens (including phenoxy) is 2. The highest BCUT2D eigenvalue weighted by molar-refractivity contribution is 6.01. The van der Waals surface area contributed by atoms with E-state index in [1.807, 2.05) is 48.5 Å². The van der Waals surface area contributed by atoms with Gasteiger partial charge in [-0.2, -0.15) is 0 Å². The van der Waals surface area contributed by atoms with Gasteiger partial charge in [0.25, 0.3) is 0 Å². The van der Waals surface area contributed by atoms with Crippen LogP contribution >= 0.6 is 0 Å². The first-order valence-corrected chi connectivity index (χ1v) is 9.08. The molecule has 5 heteroatoms. The van der Waals surface area contributed by atoms with Crippen molar-refractivity contribution in [1.29, 1.82) is 0 Å². The molecule has 0 heterocycles. The molecule has 0 unspecified atom stereocenters. The summed E-state index contributed by atoms with van der Waals surface area (Å²) in [5.74, 6) is 1.20. The number of carbonyl (C=O) groups is 1. The standard InChI is InChI=1S/C22H28N2O3/c1-24(2)15-7-8-16-27-20-13-11-18(17-21(20)26-3)12-14-22(25)23-19-9-5-4-6-10-19/h4-6,9-14,17H,7-8,15-16H2,1-3H3,(H,23,25)/b14-12+. The van der Waals surface area contributed by atoms with E-state index in [4.69, 9.17) is 9.47 Å². The Balaban J connectivity index is 1.89. The van der Waals surface area contributed by atoms with Crippen LogP contribution < -0.4 is 14.8 Å². The third kappa shape index (κ3) is 7.54. The third-order valence-electron chi connectivity index (χ3n) is 3.91. The zero-order valence-corrected chi connectivity index (χ0v) is 16.3. The van der Waals surface area contributed by atoms with E-state index >= 15 is 0 Å². The van der Waals surface area contributed by atoms with Gasteiger partial charge in [-0.3, -0.25) is 4.79 Å². The van der Waals surface area contributed by atoms with Gasteiger partial charge in [-0.15, -0.1) is 0 Å². The lowest BCUT2D eigenvalue weighted by molar-refractivity contribution is -0.111. The van der Waals surface area contributed by atoms with Crippen molar-refractivity contribution in [3.63, 3.8) is 0 Å². The molecule has 0 radical (unpaired) electrons. The van der Waals surface area contributed by atoms with Crippen LogP contribution in [0.25, 0.3) is 6.08 Å². The zero-order valence-electron chi connectivity index (χ0n) is 16.3. The molecule has 5 nitrogen and oxygen atoms in total. The van der Waals surface area contributed by atoms with E-state index in [2.05, 4.69) is 24.3 Å². The van der Waals surface area contributed by atoms with Crippen molar-refractivity contribution < 1.29 is 14.3 Å². The molecule has 2 rings (SSSR count). The molecule has 0 bridgehead atoms. The van der Waals surface area contributed by atoms with E-state index in [0.29, 0.717) is 18.1 Å². The summed E-state index contributed by atoms with van der Waals surface area (Å²) in [6, 6.07) is 15.0. The molecule has 0 aliphatic heterocycles. The number of rotatable bonds is 10. The van der Waals surface area contributed by atoms with Gasteiger partial charge in [0.15, 0.2) is 11.5 Å². The van der Waals surface area contributed by atoms with Crippen molar-refractivity contribution in [2.24, 2.45) is 0 Å². The van der Waals surface area contributed by atoms with Crippen molar-refractivity contribution in [3.8, 4) is 11.5 Å². The van der Waals surface area contributed by atoms with Crippen LogP contribution in [0.4, 0.5) is 5.69 Å². The smallest absolute Gasteiger partial charge is 0.248 e. The first-order valence-electron chi connectivity index (χ1n) is 9.08. The van der Waals surface area contributed by atoms with Crippen LogP contribution in [0.3, 0.4) is 0 Å². The van der Waals surface area contributed by atoms with Gasteiger partial charge in [-0.25, -0.2) is 0 Å². The molecule has 0 atom stereocenters. The molecule has 0 saturated heterocycles. The van der Waals surface area contributed by atoms with Crippen LogP contribution in [-0.4, -0.2) is 45.2 Å². The molecule has 27 heavy (non-hydrogen) atoms. The predicted octanol–water partition coefficient (Wildman–Crippen LogP) is 4.07. The Morgan fingerprint density at radius 1 is 1.07 bits per heavy atom. The van der Waals surface area contributed by atoms with Crippen LogP contribution in [-0.2, 0) is 4.79 Å². The molecule has 0 aliphatic rings. The van der Waals surface area contributed by atoms with Gasteiger partial charge in [0.05, 0.1) is 13.7 Å². The van der Waals surface area contributed by atoms with E-state index in [0.717, 1.165) is 30.6 Å². The average molecular weight is 368 g/mol. The largest absolute Gasteiger partial charge is 0.493 e. The monoisotopic (exact) mass is 368 g/mol. The summed E-state index contributed by atoms with van der Waals surface area (Å²) in [6.07, 6.45) is 5.33. The van der Waals surface area contributed by atoms with Crippen LogP contribution in [0, 0.1) is 0 Å². The number of unbranched alkanes of at least 4 members (excludes halogenated alkanes) is 1. The van der Waals surface area contributed by atoms with Crippen molar-refractivity contribution in [2.45, 2.75) is 12.8 Å². The van der Waals surface area contributed by atoms with E-state index in [1.165, 1.54) is 6.08 Å². The number of para-hydroxylation sites is 1. The summed E-state index contributed by atoms with van der Waals surface area (Å²) in [7, 11) is 5.75. The first-order chi connectivity index (χ1) is 13.1. The lowest BCUT2D eigenvalue weighted by atomic mass is 10.2. The van der Waals surface area contributed by atoms with Gasteiger partial charge in [-0.05, 0) is 69.4 Å². The van der Waals surface area contributed by atoms with Crippen molar-refractivity contribution in [1.82, 2.24) is 4.90 Å². The SMILES string of the molecule is COc1cc(/C=C/C(=O)Nc2ccccc2)ccc1OCCCCN(C)C. The predicted molar refractivity (Wildman–Crippen MR) is 110 cm³/mol. The fourth-order valence-corrected chi connectivity index (χ4v) is 2.50. The normalized spacial score (nSPS) is 11.0. The van der Waals surface area contributed by atoms with Crippen molar-refractivity contribution in [3.05, 3.63) is 60.2 Å². The fourth-order valence-electron chi connectivity index (χ4n) is 2.50. The topological polar surface area (TPSA) is 50.8 Å². The van der Waals surface area contributed by atoms with Crippen molar-refractivity contribution >= 4 is 17.7 Å². The van der Waals surface area contributed by atoms with Gasteiger partial charge in [0, 0.05) is 11.8 Å². The second kappa shape index (κ2) is 11.0. The Morgan fingerprint density at radius 3 is 2.56 bits per heavy atom. The number of methoxy groups -OCH3 is 1. The molecule has 2 aromatic carbocycles. The number of carbonyl (C=O) groups excluding carboxylic acids is 1. The number of hydrogen-bond donors (Lipinski definition) is 1. The van der Waals surface area contributed by atoms with Gasteiger partial charge >= 0.3 is 0 Å². The molecule has 1 amide bonds. The average Bonchev–Trinajstić information content (AvgIpc) is 2.67. The Bertz CT molecular complexity index is 742. The number of anilines is 1. The molecule has 0 aliphatic carbocycles. The van der Waals surface area contributed by atoms with E-state index in [1.54, 1.807) is 13.2 Å². The Morgan fingerprint density at radius 2 is 1.85 bits per heavy atom. The lowest BCUT2D eigenvalue weighted by Crippen LogP contribution is -2.13. The maximum absolute atomic E-state index is 12.0. The van der Waals surface area contributed by atoms with Gasteiger partial charge in [0.2, 0.25) is 5.91 Å². The van der Waals surface area contributed by atoms with Gasteiger partial charge < -0.3 is 19.7 Å². The fraction of sp³-hybridized carbons (Fsp3) is 0.318. The molecular weight excluding hydrogens is 340 g/mol. The number of nitrogens with zero attached hydrogens (tertiary/aromatic N) is 1. The second-order valence-electron chi connectivity index (χ2n) is 6.46. The Kier molecular flexibility index (Phi) is 8.39. The second-order valence-corrected chi connectivity index (χ2v) is 6.46. The zero-order chi connectivity index (χ0) is 19.5. The van der Waals surface area contributed by atoms with E-state index < -0.39 is 0 Å². The maximum Gasteiger partial charge on any atom is 0.248 e. The van der Waals surface area contributed by atoms with Gasteiger partial charge in [-0.1, -0.05) is 24.3 Å². The molecular formula is C22H28N2O3. The van der Waals surface area contributed by atoms with Crippen LogP contribution in [0.2, 0.25) is 0 Å². The minimum absolute atomic E-state index is 0.179. The molecule has 0 aromatic heterocycles. The third-order valence-corrected chi connectivity index (χ3v) is 3.91. The number of amides is 1. The molecule has 1 N–H and O–H groups in total. The summed E-state index contributed by atoms with van der Waals surface area (Å²) >= 11 is 0. The molecule has 144 valence electrons. The number of nitrogens with one attached hydrogen (secondary N) is 1. The molecule has 0 spiro atoms. The quantitative estimate of drug-likeness (QED) is 0.507. The van der Waals surface area contributed by atoms with Crippen LogP contribution in [0.1, 0.15) is 18.4 Å². The molecule has 0 fully saturated rings. The maximum atomic E-state index is 12.0. The van der Waals surface area contributed by atoms with Crippen LogP contribution in [0.15, 0.2) is 54.6 Å². The van der Waals surface area contributed by atoms with Gasteiger partial charge in [0.1, 0.15) is 0 Å². The van der Waals surface area contributed by atoms with Crippen molar-refractivity contribution in [2.75, 3.05) is 39.7 Å². The summed E-state index contributed by atoms with van der Waals surface area (Å²) in [6.45, 7) is 1.70. The van der Waals surface area contributed by atoms with Crippen LogP contribution in [0.5, 0.6) is 11.5 Å². The Labute approximate surface area is 161 Å². The number of benzene rings is 2. The molecule has 0 saturated carbocycles. The minimum atomic E-state index is -0.179. The highest BCUT2D eigenvalue weighted by Crippen LogP contribution is 2.28. The summed E-state index contributed by atoms with van der Waals surface area (Å²) in [5.41, 5.74) is 1.64.